The van der Waals surface area contributed by atoms with Gasteiger partial charge in [0.25, 0.3) is 0 Å². The molecule has 3 aromatic carbocycles. The zero-order valence-electron chi connectivity index (χ0n) is 17.9. The second kappa shape index (κ2) is 8.66. The summed E-state index contributed by atoms with van der Waals surface area (Å²) in [5.74, 6) is -0.345. The molecule has 3 aromatic rings. The summed E-state index contributed by atoms with van der Waals surface area (Å²) in [6.07, 6.45) is 0.0818. The first-order chi connectivity index (χ1) is 15.5. The van der Waals surface area contributed by atoms with Gasteiger partial charge in [-0.15, -0.1) is 0 Å². The van der Waals surface area contributed by atoms with Crippen LogP contribution in [0.25, 0.3) is 10.8 Å². The molecule has 32 heavy (non-hydrogen) atoms. The second-order valence-corrected chi connectivity index (χ2v) is 9.39. The van der Waals surface area contributed by atoms with Gasteiger partial charge in [0, 0.05) is 16.4 Å². The van der Waals surface area contributed by atoms with Crippen LogP contribution in [0.4, 0.5) is 0 Å². The lowest BCUT2D eigenvalue weighted by atomic mass is 9.93. The molecule has 2 bridgehead atoms. The van der Waals surface area contributed by atoms with Crippen molar-refractivity contribution < 1.29 is 19.1 Å². The number of ketones is 1. The van der Waals surface area contributed by atoms with E-state index in [-0.39, 0.29) is 29.0 Å². The van der Waals surface area contributed by atoms with Crippen molar-refractivity contribution in [1.29, 1.82) is 0 Å². The molecule has 0 saturated carbocycles. The molecular weight excluding hydrogens is 420 g/mol. The van der Waals surface area contributed by atoms with Crippen molar-refractivity contribution in [3.05, 3.63) is 94.9 Å². The average Bonchev–Trinajstić information content (AvgIpc) is 3.21. The molecule has 0 aromatic heterocycles. The van der Waals surface area contributed by atoms with Gasteiger partial charge in [-0.3, -0.25) is 9.59 Å². The van der Waals surface area contributed by atoms with Gasteiger partial charge < -0.3 is 9.47 Å². The van der Waals surface area contributed by atoms with Gasteiger partial charge in [0.15, 0.2) is 5.78 Å². The highest BCUT2D eigenvalue weighted by Crippen LogP contribution is 2.42. The van der Waals surface area contributed by atoms with Crippen LogP contribution < -0.4 is 0 Å². The summed E-state index contributed by atoms with van der Waals surface area (Å²) in [5, 5.41) is 2.26. The summed E-state index contributed by atoms with van der Waals surface area (Å²) in [4.78, 5) is 26.6. The molecule has 5 heteroatoms. The van der Waals surface area contributed by atoms with Gasteiger partial charge >= 0.3 is 0 Å². The molecule has 0 radical (unpaired) electrons. The minimum absolute atomic E-state index is 0.0258. The van der Waals surface area contributed by atoms with Gasteiger partial charge in [-0.25, -0.2) is 0 Å². The van der Waals surface area contributed by atoms with Gasteiger partial charge in [0.05, 0.1) is 12.2 Å². The fraction of sp³-hybridized carbons (Fsp3) is 0.259. The number of hydrogen-bond acceptors (Lipinski definition) is 5. The topological polar surface area (TPSA) is 52.6 Å². The molecule has 2 heterocycles. The maximum Gasteiger partial charge on any atom is 0.223 e. The Kier molecular flexibility index (Phi) is 5.72. The van der Waals surface area contributed by atoms with Gasteiger partial charge in [-0.05, 0) is 47.2 Å². The molecule has 0 amide bonds. The third kappa shape index (κ3) is 3.92. The van der Waals surface area contributed by atoms with Gasteiger partial charge in [0.1, 0.15) is 12.2 Å². The quantitative estimate of drug-likeness (QED) is 0.503. The van der Waals surface area contributed by atoms with Crippen molar-refractivity contribution in [2.45, 2.75) is 38.3 Å². The van der Waals surface area contributed by atoms with Gasteiger partial charge in [-0.2, -0.15) is 0 Å². The number of hydrogen-bond donors (Lipinski definition) is 0. The predicted molar refractivity (Wildman–Crippen MR) is 127 cm³/mol. The number of ether oxygens (including phenoxy) is 2. The van der Waals surface area contributed by atoms with Crippen molar-refractivity contribution in [1.82, 2.24) is 0 Å². The number of carbonyl (C=O) groups is 2. The Morgan fingerprint density at radius 2 is 1.72 bits per heavy atom. The molecule has 0 N–H and O–H groups in total. The number of benzene rings is 3. The van der Waals surface area contributed by atoms with Crippen LogP contribution in [0, 0.1) is 5.92 Å². The van der Waals surface area contributed by atoms with Gasteiger partial charge in [0.2, 0.25) is 5.12 Å². The SMILES string of the molecule is C[C@@H]1C(=O)[C@H](O[C@H](C)c2ccc3ccccc3c2)[C@@H]2C=C(SC(=O)c3ccccc3)[C@H]1O2. The van der Waals surface area contributed by atoms with Crippen LogP contribution in [0.2, 0.25) is 0 Å². The molecule has 1 fully saturated rings. The summed E-state index contributed by atoms with van der Waals surface area (Å²) in [6, 6.07) is 23.5. The maximum absolute atomic E-state index is 13.1. The highest BCUT2D eigenvalue weighted by molar-refractivity contribution is 8.17. The largest absolute Gasteiger partial charge is 0.362 e. The van der Waals surface area contributed by atoms with Gasteiger partial charge in [-0.1, -0.05) is 73.7 Å². The Hall–Kier alpha value is -2.73. The molecule has 4 nitrogen and oxygen atoms in total. The van der Waals surface area contributed by atoms with E-state index in [1.54, 1.807) is 12.1 Å². The fourth-order valence-corrected chi connectivity index (χ4v) is 5.41. The smallest absolute Gasteiger partial charge is 0.223 e. The monoisotopic (exact) mass is 444 g/mol. The molecule has 0 unspecified atom stereocenters. The van der Waals surface area contributed by atoms with Crippen LogP contribution in [-0.4, -0.2) is 29.2 Å². The molecule has 0 spiro atoms. The van der Waals surface area contributed by atoms with E-state index in [1.807, 2.05) is 56.3 Å². The number of thioether (sulfide) groups is 1. The van der Waals surface area contributed by atoms with E-state index in [2.05, 4.69) is 24.3 Å². The Bertz CT molecular complexity index is 1200. The van der Waals surface area contributed by atoms with Crippen molar-refractivity contribution >= 4 is 33.4 Å². The lowest BCUT2D eigenvalue weighted by Crippen LogP contribution is -2.48. The Morgan fingerprint density at radius 3 is 2.50 bits per heavy atom. The highest BCUT2D eigenvalue weighted by atomic mass is 32.2. The lowest BCUT2D eigenvalue weighted by Gasteiger charge is -2.34. The van der Waals surface area contributed by atoms with E-state index in [0.717, 1.165) is 27.6 Å². The first kappa shape index (κ1) is 21.1. The van der Waals surface area contributed by atoms with Crippen LogP contribution in [0.1, 0.15) is 35.9 Å². The van der Waals surface area contributed by atoms with E-state index < -0.39 is 12.2 Å². The fourth-order valence-electron chi connectivity index (χ4n) is 4.36. The Labute approximate surface area is 191 Å². The van der Waals surface area contributed by atoms with Crippen LogP contribution in [0.5, 0.6) is 0 Å². The summed E-state index contributed by atoms with van der Waals surface area (Å²) < 4.78 is 12.4. The lowest BCUT2D eigenvalue weighted by molar-refractivity contribution is -0.167. The molecule has 162 valence electrons. The van der Waals surface area contributed by atoms with E-state index in [0.29, 0.717) is 5.56 Å². The molecular formula is C27H24O4S. The normalized spacial score (nSPS) is 25.6. The highest BCUT2D eigenvalue weighted by Gasteiger charge is 2.49. The van der Waals surface area contributed by atoms with E-state index >= 15 is 0 Å². The van der Waals surface area contributed by atoms with Crippen LogP contribution in [-0.2, 0) is 14.3 Å². The average molecular weight is 445 g/mol. The summed E-state index contributed by atoms with van der Waals surface area (Å²) in [5.41, 5.74) is 1.65. The Balaban J connectivity index is 1.34. The van der Waals surface area contributed by atoms with Crippen LogP contribution in [0.3, 0.4) is 0 Å². The number of fused-ring (bicyclic) bond motifs is 3. The second-order valence-electron chi connectivity index (χ2n) is 8.34. The zero-order chi connectivity index (χ0) is 22.2. The standard InChI is InChI=1S/C27H24O4S/c1-16-24(28)26(30-17(2)20-13-12-18-8-6-7-11-21(18)14-20)22-15-23(25(16)31-22)32-27(29)19-9-4-3-5-10-19/h3-17,22,25-26H,1-2H3/t16-,17-,22+,25+,26-/m1/s1. The first-order valence-corrected chi connectivity index (χ1v) is 11.6. The summed E-state index contributed by atoms with van der Waals surface area (Å²) in [6.45, 7) is 3.81. The first-order valence-electron chi connectivity index (χ1n) is 10.8. The molecule has 2 aliphatic heterocycles. The summed E-state index contributed by atoms with van der Waals surface area (Å²) in [7, 11) is 0. The Morgan fingerprint density at radius 1 is 1.00 bits per heavy atom. The van der Waals surface area contributed by atoms with E-state index in [1.165, 1.54) is 5.39 Å². The van der Waals surface area contributed by atoms with Crippen molar-refractivity contribution in [2.24, 2.45) is 5.92 Å². The van der Waals surface area contributed by atoms with Crippen LogP contribution >= 0.6 is 11.8 Å². The minimum Gasteiger partial charge on any atom is -0.362 e. The molecule has 5 rings (SSSR count). The molecule has 0 aliphatic carbocycles. The summed E-state index contributed by atoms with van der Waals surface area (Å²) >= 11 is 1.15. The van der Waals surface area contributed by atoms with Crippen molar-refractivity contribution in [3.63, 3.8) is 0 Å². The minimum atomic E-state index is -0.687. The molecule has 1 saturated heterocycles. The van der Waals surface area contributed by atoms with E-state index in [9.17, 15) is 9.59 Å². The van der Waals surface area contributed by atoms with Crippen molar-refractivity contribution in [2.75, 3.05) is 0 Å². The third-order valence-electron chi connectivity index (χ3n) is 6.21. The maximum atomic E-state index is 13.1. The molecule has 2 aliphatic rings. The number of rotatable bonds is 5. The van der Waals surface area contributed by atoms with Crippen LogP contribution in [0.15, 0.2) is 83.8 Å². The number of carbonyl (C=O) groups excluding carboxylic acids is 2. The third-order valence-corrected chi connectivity index (χ3v) is 7.23. The van der Waals surface area contributed by atoms with E-state index in [4.69, 9.17) is 9.47 Å². The van der Waals surface area contributed by atoms with Crippen molar-refractivity contribution in [3.8, 4) is 0 Å². The zero-order valence-corrected chi connectivity index (χ0v) is 18.8. The number of Topliss-reactive ketones (excluding diaryl/α,β-unsaturated/α-hetero) is 1. The molecule has 5 atom stereocenters. The predicted octanol–water partition coefficient (Wildman–Crippen LogP) is 5.73.